The summed E-state index contributed by atoms with van der Waals surface area (Å²) in [6.45, 7) is 0. The number of nitrogens with zero attached hydrogens (tertiary/aromatic N) is 6. The number of benzene rings is 2. The quantitative estimate of drug-likeness (QED) is 0.281. The minimum absolute atomic E-state index is 0.502. The van der Waals surface area contributed by atoms with Gasteiger partial charge in [-0.15, -0.1) is 0 Å². The van der Waals surface area contributed by atoms with Crippen LogP contribution in [0.25, 0.3) is 33.8 Å². The van der Waals surface area contributed by atoms with Crippen molar-refractivity contribution in [2.45, 2.75) is 0 Å². The minimum atomic E-state index is 0.502. The molecule has 0 saturated heterocycles. The molecule has 0 saturated carbocycles. The maximum absolute atomic E-state index is 6.19. The van der Waals surface area contributed by atoms with Gasteiger partial charge in [0.2, 0.25) is 0 Å². The molecule has 9 heteroatoms. The van der Waals surface area contributed by atoms with Crippen molar-refractivity contribution in [3.8, 4) is 28.3 Å². The number of rotatable bonds is 3. The standard InChI is InChI=1S/C13H10ClN3O.C12H8ClN3/c1-18-11-8-15-17-12(14)7-10(16-13(11)17)9-5-3-2-4-6-9;13-11-8-10(9-4-2-1-3-5-9)15-12-6-7-14-16(11)12/h2-8H,1H3;1-8H. The molecule has 2 aromatic carbocycles. The van der Waals surface area contributed by atoms with Crippen LogP contribution in [0.3, 0.4) is 0 Å². The van der Waals surface area contributed by atoms with Gasteiger partial charge in [-0.3, -0.25) is 0 Å². The number of hydrogen-bond acceptors (Lipinski definition) is 5. The SMILES string of the molecule is COc1cnn2c(Cl)cc(-c3ccccc3)nc12.Clc1cc(-c2ccccc2)nc2ccnn12. The second-order valence-corrected chi connectivity index (χ2v) is 7.98. The van der Waals surface area contributed by atoms with Crippen LogP contribution < -0.4 is 4.74 Å². The fraction of sp³-hybridized carbons (Fsp3) is 0.0400. The van der Waals surface area contributed by atoms with E-state index in [2.05, 4.69) is 20.2 Å². The van der Waals surface area contributed by atoms with E-state index in [1.165, 1.54) is 0 Å². The Hall–Kier alpha value is -3.94. The van der Waals surface area contributed by atoms with Crippen LogP contribution in [0.4, 0.5) is 0 Å². The first-order valence-corrected chi connectivity index (χ1v) is 11.1. The minimum Gasteiger partial charge on any atom is -0.491 e. The van der Waals surface area contributed by atoms with Crippen molar-refractivity contribution < 1.29 is 4.74 Å². The average molecular weight is 489 g/mol. The zero-order chi connectivity index (χ0) is 23.5. The molecule has 0 amide bonds. The van der Waals surface area contributed by atoms with Crippen molar-refractivity contribution in [3.63, 3.8) is 0 Å². The van der Waals surface area contributed by atoms with Gasteiger partial charge < -0.3 is 4.74 Å². The second-order valence-electron chi connectivity index (χ2n) is 7.21. The summed E-state index contributed by atoms with van der Waals surface area (Å²) in [6, 6.07) is 25.2. The highest BCUT2D eigenvalue weighted by molar-refractivity contribution is 6.30. The molecule has 4 aromatic heterocycles. The molecule has 0 fully saturated rings. The predicted molar refractivity (Wildman–Crippen MR) is 133 cm³/mol. The highest BCUT2D eigenvalue weighted by Gasteiger charge is 2.11. The Morgan fingerprint density at radius 2 is 1.29 bits per heavy atom. The topological polar surface area (TPSA) is 69.6 Å². The number of methoxy groups -OCH3 is 1. The Morgan fingerprint density at radius 1 is 0.706 bits per heavy atom. The summed E-state index contributed by atoms with van der Waals surface area (Å²) in [5.41, 5.74) is 5.08. The molecule has 0 radical (unpaired) electrons. The lowest BCUT2D eigenvalue weighted by Crippen LogP contribution is -1.95. The lowest BCUT2D eigenvalue weighted by atomic mass is 10.1. The van der Waals surface area contributed by atoms with Gasteiger partial charge in [-0.05, 0) is 0 Å². The number of fused-ring (bicyclic) bond motifs is 2. The predicted octanol–water partition coefficient (Wildman–Crippen LogP) is 6.11. The molecule has 4 heterocycles. The molecule has 0 N–H and O–H groups in total. The van der Waals surface area contributed by atoms with Crippen LogP contribution in [-0.2, 0) is 0 Å². The zero-order valence-corrected chi connectivity index (χ0v) is 19.5. The summed E-state index contributed by atoms with van der Waals surface area (Å²) >= 11 is 12.3. The summed E-state index contributed by atoms with van der Waals surface area (Å²) < 4.78 is 8.36. The molecule has 7 nitrogen and oxygen atoms in total. The summed E-state index contributed by atoms with van der Waals surface area (Å²) in [7, 11) is 1.59. The van der Waals surface area contributed by atoms with Gasteiger partial charge in [-0.25, -0.2) is 14.5 Å². The van der Waals surface area contributed by atoms with E-state index in [1.807, 2.05) is 72.8 Å². The van der Waals surface area contributed by atoms with E-state index in [1.54, 1.807) is 34.6 Å². The second kappa shape index (κ2) is 9.51. The third kappa shape index (κ3) is 4.31. The van der Waals surface area contributed by atoms with Crippen molar-refractivity contribution in [2.75, 3.05) is 7.11 Å². The fourth-order valence-electron chi connectivity index (χ4n) is 3.44. The molecule has 0 aliphatic heterocycles. The van der Waals surface area contributed by atoms with Crippen LogP contribution >= 0.6 is 23.2 Å². The highest BCUT2D eigenvalue weighted by Crippen LogP contribution is 2.26. The van der Waals surface area contributed by atoms with Gasteiger partial charge in [0, 0.05) is 29.3 Å². The van der Waals surface area contributed by atoms with Crippen molar-refractivity contribution in [3.05, 3.63) is 102 Å². The molecule has 168 valence electrons. The highest BCUT2D eigenvalue weighted by atomic mass is 35.5. The molecule has 6 aromatic rings. The average Bonchev–Trinajstić information content (AvgIpc) is 3.53. The van der Waals surface area contributed by atoms with Crippen molar-refractivity contribution >= 4 is 34.5 Å². The van der Waals surface area contributed by atoms with E-state index in [9.17, 15) is 0 Å². The van der Waals surface area contributed by atoms with Crippen molar-refractivity contribution in [1.82, 2.24) is 29.2 Å². The molecule has 0 aliphatic rings. The number of halogens is 2. The monoisotopic (exact) mass is 488 g/mol. The van der Waals surface area contributed by atoms with Crippen LogP contribution in [-0.4, -0.2) is 36.3 Å². The van der Waals surface area contributed by atoms with Crippen molar-refractivity contribution in [1.29, 1.82) is 0 Å². The smallest absolute Gasteiger partial charge is 0.199 e. The van der Waals surface area contributed by atoms with E-state index in [0.29, 0.717) is 21.7 Å². The van der Waals surface area contributed by atoms with Crippen LogP contribution in [0.15, 0.2) is 91.3 Å². The van der Waals surface area contributed by atoms with E-state index >= 15 is 0 Å². The maximum atomic E-state index is 6.19. The van der Waals surface area contributed by atoms with E-state index in [0.717, 1.165) is 28.2 Å². The molecule has 0 spiro atoms. The largest absolute Gasteiger partial charge is 0.491 e. The fourth-order valence-corrected chi connectivity index (χ4v) is 3.90. The van der Waals surface area contributed by atoms with E-state index in [4.69, 9.17) is 27.9 Å². The molecular weight excluding hydrogens is 471 g/mol. The van der Waals surface area contributed by atoms with E-state index in [-0.39, 0.29) is 0 Å². The lowest BCUT2D eigenvalue weighted by molar-refractivity contribution is 0.418. The first-order valence-electron chi connectivity index (χ1n) is 10.3. The summed E-state index contributed by atoms with van der Waals surface area (Å²) in [6.07, 6.45) is 3.28. The van der Waals surface area contributed by atoms with Crippen LogP contribution in [0.2, 0.25) is 10.3 Å². The first kappa shape index (κ1) is 21.9. The Bertz CT molecular complexity index is 1560. The summed E-state index contributed by atoms with van der Waals surface area (Å²) in [5, 5.41) is 9.26. The molecule has 0 bridgehead atoms. The molecule has 0 atom stereocenters. The van der Waals surface area contributed by atoms with Crippen molar-refractivity contribution in [2.24, 2.45) is 0 Å². The Kier molecular flexibility index (Phi) is 6.12. The summed E-state index contributed by atoms with van der Waals surface area (Å²) in [4.78, 5) is 9.01. The van der Waals surface area contributed by atoms with Gasteiger partial charge in [0.25, 0.3) is 0 Å². The van der Waals surface area contributed by atoms with Gasteiger partial charge in [0.15, 0.2) is 17.0 Å². The Balaban J connectivity index is 0.000000142. The Morgan fingerprint density at radius 3 is 1.91 bits per heavy atom. The van der Waals surface area contributed by atoms with Gasteiger partial charge in [0.1, 0.15) is 10.3 Å². The number of hydrogen-bond donors (Lipinski definition) is 0. The van der Waals surface area contributed by atoms with Crippen LogP contribution in [0.1, 0.15) is 0 Å². The zero-order valence-electron chi connectivity index (χ0n) is 18.0. The van der Waals surface area contributed by atoms with Gasteiger partial charge in [0.05, 0.1) is 30.9 Å². The van der Waals surface area contributed by atoms with Crippen LogP contribution in [0, 0.1) is 0 Å². The van der Waals surface area contributed by atoms with E-state index < -0.39 is 0 Å². The number of ether oxygens (including phenoxy) is 1. The molecule has 0 aliphatic carbocycles. The van der Waals surface area contributed by atoms with Crippen LogP contribution in [0.5, 0.6) is 5.75 Å². The number of aromatic nitrogens is 6. The maximum Gasteiger partial charge on any atom is 0.199 e. The molecular formula is C25H18Cl2N6O. The third-order valence-corrected chi connectivity index (χ3v) is 5.61. The summed E-state index contributed by atoms with van der Waals surface area (Å²) in [5.74, 6) is 0.606. The van der Waals surface area contributed by atoms with Gasteiger partial charge in [-0.2, -0.15) is 14.7 Å². The Labute approximate surface area is 205 Å². The van der Waals surface area contributed by atoms with Gasteiger partial charge >= 0.3 is 0 Å². The molecule has 0 unspecified atom stereocenters. The first-order chi connectivity index (χ1) is 16.6. The lowest BCUT2D eigenvalue weighted by Gasteiger charge is -2.04. The normalized spacial score (nSPS) is 10.8. The third-order valence-electron chi connectivity index (χ3n) is 5.07. The molecule has 6 rings (SSSR count). The molecule has 34 heavy (non-hydrogen) atoms. The van der Waals surface area contributed by atoms with Gasteiger partial charge in [-0.1, -0.05) is 83.9 Å².